The molecule has 2 fully saturated rings. The highest BCUT2D eigenvalue weighted by Crippen LogP contribution is 2.21. The predicted molar refractivity (Wildman–Crippen MR) is 88.5 cm³/mol. The molecule has 2 aliphatic rings. The van der Waals surface area contributed by atoms with Crippen LogP contribution in [0.1, 0.15) is 23.3 Å². The maximum atomic E-state index is 12.6. The van der Waals surface area contributed by atoms with Gasteiger partial charge in [0, 0.05) is 19.1 Å². The number of aromatic nitrogens is 3. The van der Waals surface area contributed by atoms with Gasteiger partial charge in [0.2, 0.25) is 0 Å². The third-order valence-corrected chi connectivity index (χ3v) is 4.60. The van der Waals surface area contributed by atoms with E-state index in [9.17, 15) is 14.4 Å². The summed E-state index contributed by atoms with van der Waals surface area (Å²) in [7, 11) is 0. The van der Waals surface area contributed by atoms with Gasteiger partial charge in [0.25, 0.3) is 11.8 Å². The van der Waals surface area contributed by atoms with Gasteiger partial charge in [-0.05, 0) is 25.0 Å². The average molecular weight is 355 g/mol. The van der Waals surface area contributed by atoms with Gasteiger partial charge in [-0.1, -0.05) is 18.2 Å². The van der Waals surface area contributed by atoms with Crippen molar-refractivity contribution in [2.45, 2.75) is 18.9 Å². The minimum Gasteiger partial charge on any atom is -0.439 e. The highest BCUT2D eigenvalue weighted by atomic mass is 16.6. The molecule has 9 heteroatoms. The molecule has 0 bridgehead atoms. The molecule has 0 N–H and O–H groups in total. The number of ether oxygens (including phenoxy) is 1. The summed E-state index contributed by atoms with van der Waals surface area (Å²) in [6.07, 6.45) is 1.91. The van der Waals surface area contributed by atoms with Crippen molar-refractivity contribution in [3.05, 3.63) is 42.2 Å². The Labute approximate surface area is 149 Å². The number of hydrogen-bond acceptors (Lipinski definition) is 6. The molecular weight excluding hydrogens is 338 g/mol. The molecule has 134 valence electrons. The van der Waals surface area contributed by atoms with Crippen molar-refractivity contribution in [1.82, 2.24) is 24.8 Å². The normalized spacial score (nSPS) is 18.3. The third kappa shape index (κ3) is 2.92. The van der Waals surface area contributed by atoms with E-state index in [1.165, 1.54) is 15.9 Å². The molecule has 3 heterocycles. The van der Waals surface area contributed by atoms with E-state index >= 15 is 0 Å². The van der Waals surface area contributed by atoms with Crippen molar-refractivity contribution < 1.29 is 19.1 Å². The molecule has 0 aliphatic carbocycles. The Hall–Kier alpha value is -3.23. The van der Waals surface area contributed by atoms with E-state index in [2.05, 4.69) is 10.2 Å². The zero-order valence-corrected chi connectivity index (χ0v) is 13.9. The summed E-state index contributed by atoms with van der Waals surface area (Å²) in [5.41, 5.74) is 1.04. The van der Waals surface area contributed by atoms with E-state index in [0.717, 1.165) is 5.69 Å². The topological polar surface area (TPSA) is 97.6 Å². The van der Waals surface area contributed by atoms with Crippen LogP contribution in [0, 0.1) is 0 Å². The maximum absolute atomic E-state index is 12.6. The molecule has 0 atom stereocenters. The Morgan fingerprint density at radius 3 is 2.50 bits per heavy atom. The molecule has 1 aromatic carbocycles. The van der Waals surface area contributed by atoms with Gasteiger partial charge in [0.15, 0.2) is 12.3 Å². The molecule has 9 nitrogen and oxygen atoms in total. The zero-order chi connectivity index (χ0) is 18.1. The lowest BCUT2D eigenvalue weighted by Gasteiger charge is -2.34. The SMILES string of the molecule is O=C(c1cnn(-c2ccccc2)n1)N1CCC(N2C(=O)COC2=O)CC1. The van der Waals surface area contributed by atoms with Crippen LogP contribution in [0.4, 0.5) is 4.79 Å². The number of amides is 3. The molecule has 2 aromatic rings. The summed E-state index contributed by atoms with van der Waals surface area (Å²) in [6, 6.07) is 9.12. The van der Waals surface area contributed by atoms with Gasteiger partial charge in [0.1, 0.15) is 0 Å². The van der Waals surface area contributed by atoms with Gasteiger partial charge in [-0.15, -0.1) is 5.10 Å². The number of piperidine rings is 1. The number of imide groups is 1. The summed E-state index contributed by atoms with van der Waals surface area (Å²) in [5.74, 6) is -0.522. The van der Waals surface area contributed by atoms with E-state index in [1.54, 1.807) is 4.90 Å². The predicted octanol–water partition coefficient (Wildman–Crippen LogP) is 0.851. The van der Waals surface area contributed by atoms with Gasteiger partial charge < -0.3 is 9.64 Å². The smallest absolute Gasteiger partial charge is 0.417 e. The molecule has 0 radical (unpaired) electrons. The molecule has 0 unspecified atom stereocenters. The highest BCUT2D eigenvalue weighted by Gasteiger charge is 2.39. The fourth-order valence-corrected chi connectivity index (χ4v) is 3.25. The molecular formula is C17H17N5O4. The lowest BCUT2D eigenvalue weighted by Crippen LogP contribution is -2.48. The number of hydrogen-bond donors (Lipinski definition) is 0. The van der Waals surface area contributed by atoms with Crippen LogP contribution >= 0.6 is 0 Å². The van der Waals surface area contributed by atoms with Crippen LogP contribution in [0.2, 0.25) is 0 Å². The minimum absolute atomic E-state index is 0.194. The molecule has 4 rings (SSSR count). The number of cyclic esters (lactones) is 1. The number of carbonyl (C=O) groups excluding carboxylic acids is 3. The summed E-state index contributed by atoms with van der Waals surface area (Å²) in [5, 5.41) is 8.40. The van der Waals surface area contributed by atoms with Crippen LogP contribution in [-0.2, 0) is 9.53 Å². The molecule has 2 saturated heterocycles. The Balaban J connectivity index is 1.40. The fraction of sp³-hybridized carbons (Fsp3) is 0.353. The van der Waals surface area contributed by atoms with Crippen LogP contribution in [-0.4, -0.2) is 68.4 Å². The fourth-order valence-electron chi connectivity index (χ4n) is 3.25. The summed E-state index contributed by atoms with van der Waals surface area (Å²) < 4.78 is 4.76. The number of benzene rings is 1. The number of carbonyl (C=O) groups is 3. The van der Waals surface area contributed by atoms with Crippen molar-refractivity contribution in [2.75, 3.05) is 19.7 Å². The number of para-hydroxylation sites is 1. The van der Waals surface area contributed by atoms with Crippen LogP contribution in [0.15, 0.2) is 36.5 Å². The Morgan fingerprint density at radius 2 is 1.85 bits per heavy atom. The molecule has 26 heavy (non-hydrogen) atoms. The van der Waals surface area contributed by atoms with Gasteiger partial charge in [-0.2, -0.15) is 9.90 Å². The first-order chi connectivity index (χ1) is 12.6. The second-order valence-corrected chi connectivity index (χ2v) is 6.20. The molecule has 3 amide bonds. The zero-order valence-electron chi connectivity index (χ0n) is 13.9. The first-order valence-corrected chi connectivity index (χ1v) is 8.39. The Morgan fingerprint density at radius 1 is 1.12 bits per heavy atom. The third-order valence-electron chi connectivity index (χ3n) is 4.60. The lowest BCUT2D eigenvalue weighted by atomic mass is 10.0. The van der Waals surface area contributed by atoms with Crippen molar-refractivity contribution in [3.8, 4) is 5.69 Å². The van der Waals surface area contributed by atoms with Gasteiger partial charge >= 0.3 is 6.09 Å². The van der Waals surface area contributed by atoms with Gasteiger partial charge in [-0.3, -0.25) is 9.59 Å². The largest absolute Gasteiger partial charge is 0.439 e. The monoisotopic (exact) mass is 355 g/mol. The van der Waals surface area contributed by atoms with Crippen LogP contribution in [0.3, 0.4) is 0 Å². The lowest BCUT2D eigenvalue weighted by molar-refractivity contribution is -0.127. The van der Waals surface area contributed by atoms with E-state index in [4.69, 9.17) is 4.74 Å². The summed E-state index contributed by atoms with van der Waals surface area (Å²) >= 11 is 0. The molecule has 0 saturated carbocycles. The summed E-state index contributed by atoms with van der Waals surface area (Å²) in [6.45, 7) is 0.693. The van der Waals surface area contributed by atoms with E-state index in [0.29, 0.717) is 25.9 Å². The van der Waals surface area contributed by atoms with Crippen molar-refractivity contribution >= 4 is 17.9 Å². The van der Waals surface area contributed by atoms with E-state index in [1.807, 2.05) is 30.3 Å². The Kier molecular flexibility index (Phi) is 4.11. The maximum Gasteiger partial charge on any atom is 0.417 e. The minimum atomic E-state index is -0.592. The standard InChI is InChI=1S/C17H17N5O4/c23-15-11-26-17(25)21(15)12-6-8-20(9-7-12)16(24)14-10-18-22(19-14)13-4-2-1-3-5-13/h1-5,10,12H,6-9,11H2. The number of nitrogens with zero attached hydrogens (tertiary/aromatic N) is 5. The van der Waals surface area contributed by atoms with Crippen LogP contribution < -0.4 is 0 Å². The number of likely N-dealkylation sites (tertiary alicyclic amines) is 1. The van der Waals surface area contributed by atoms with E-state index < -0.39 is 6.09 Å². The first-order valence-electron chi connectivity index (χ1n) is 8.39. The van der Waals surface area contributed by atoms with Crippen LogP contribution in [0.25, 0.3) is 5.69 Å². The van der Waals surface area contributed by atoms with Crippen molar-refractivity contribution in [2.24, 2.45) is 0 Å². The number of rotatable bonds is 3. The molecule has 0 spiro atoms. The van der Waals surface area contributed by atoms with Crippen LogP contribution in [0.5, 0.6) is 0 Å². The highest BCUT2D eigenvalue weighted by molar-refractivity contribution is 5.98. The average Bonchev–Trinajstić information content (AvgIpc) is 3.29. The van der Waals surface area contributed by atoms with Crippen molar-refractivity contribution in [3.63, 3.8) is 0 Å². The van der Waals surface area contributed by atoms with Gasteiger partial charge in [0.05, 0.1) is 11.9 Å². The quantitative estimate of drug-likeness (QED) is 0.810. The summed E-state index contributed by atoms with van der Waals surface area (Å²) in [4.78, 5) is 40.3. The Bertz CT molecular complexity index is 826. The molecule has 2 aliphatic heterocycles. The second-order valence-electron chi connectivity index (χ2n) is 6.20. The first kappa shape index (κ1) is 16.2. The second kappa shape index (κ2) is 6.58. The van der Waals surface area contributed by atoms with Gasteiger partial charge in [-0.25, -0.2) is 9.69 Å². The van der Waals surface area contributed by atoms with Crippen molar-refractivity contribution in [1.29, 1.82) is 0 Å². The molecule has 1 aromatic heterocycles. The van der Waals surface area contributed by atoms with E-state index in [-0.39, 0.29) is 30.2 Å².